The highest BCUT2D eigenvalue weighted by atomic mass is 19.3. The Morgan fingerprint density at radius 3 is 2.80 bits per heavy atom. The SMILES string of the molecule is CC1CN2CCCCC2CN1CC(F)F. The first kappa shape index (κ1) is 11.3. The summed E-state index contributed by atoms with van der Waals surface area (Å²) in [5.74, 6) is 0. The van der Waals surface area contributed by atoms with Gasteiger partial charge in [-0.1, -0.05) is 6.42 Å². The van der Waals surface area contributed by atoms with E-state index in [1.807, 2.05) is 4.90 Å². The van der Waals surface area contributed by atoms with Gasteiger partial charge in [-0.2, -0.15) is 0 Å². The summed E-state index contributed by atoms with van der Waals surface area (Å²) in [5, 5.41) is 0. The van der Waals surface area contributed by atoms with Crippen LogP contribution >= 0.6 is 0 Å². The van der Waals surface area contributed by atoms with E-state index in [-0.39, 0.29) is 12.6 Å². The predicted molar refractivity (Wildman–Crippen MR) is 56.3 cm³/mol. The molecular weight excluding hydrogens is 198 g/mol. The summed E-state index contributed by atoms with van der Waals surface area (Å²) < 4.78 is 24.7. The number of hydrogen-bond acceptors (Lipinski definition) is 2. The number of halogens is 2. The third kappa shape index (κ3) is 2.67. The molecule has 0 aliphatic carbocycles. The Kier molecular flexibility index (Phi) is 3.57. The summed E-state index contributed by atoms with van der Waals surface area (Å²) in [5.41, 5.74) is 0. The van der Waals surface area contributed by atoms with Crippen molar-refractivity contribution in [1.82, 2.24) is 9.80 Å². The average Bonchev–Trinajstić information content (AvgIpc) is 2.18. The smallest absolute Gasteiger partial charge is 0.251 e. The van der Waals surface area contributed by atoms with Crippen molar-refractivity contribution in [2.24, 2.45) is 0 Å². The largest absolute Gasteiger partial charge is 0.298 e. The fourth-order valence-electron chi connectivity index (χ4n) is 2.84. The first-order chi connectivity index (χ1) is 7.16. The van der Waals surface area contributed by atoms with E-state index in [4.69, 9.17) is 0 Å². The van der Waals surface area contributed by atoms with Crippen LogP contribution in [-0.2, 0) is 0 Å². The van der Waals surface area contributed by atoms with Crippen LogP contribution in [0, 0.1) is 0 Å². The summed E-state index contributed by atoms with van der Waals surface area (Å²) in [6, 6.07) is 0.821. The molecule has 2 nitrogen and oxygen atoms in total. The molecule has 0 N–H and O–H groups in total. The monoisotopic (exact) mass is 218 g/mol. The van der Waals surface area contributed by atoms with E-state index in [1.54, 1.807) is 0 Å². The number of hydrogen-bond donors (Lipinski definition) is 0. The maximum absolute atomic E-state index is 12.4. The van der Waals surface area contributed by atoms with Gasteiger partial charge in [-0.25, -0.2) is 8.78 Å². The lowest BCUT2D eigenvalue weighted by Gasteiger charge is -2.47. The van der Waals surface area contributed by atoms with Gasteiger partial charge in [-0.3, -0.25) is 9.80 Å². The van der Waals surface area contributed by atoms with Gasteiger partial charge in [0, 0.05) is 25.2 Å². The molecule has 0 spiro atoms. The Morgan fingerprint density at radius 1 is 1.27 bits per heavy atom. The van der Waals surface area contributed by atoms with Crippen molar-refractivity contribution in [1.29, 1.82) is 0 Å². The molecule has 15 heavy (non-hydrogen) atoms. The van der Waals surface area contributed by atoms with Crippen molar-refractivity contribution in [3.63, 3.8) is 0 Å². The molecule has 0 radical (unpaired) electrons. The topological polar surface area (TPSA) is 6.48 Å². The van der Waals surface area contributed by atoms with Gasteiger partial charge in [0.05, 0.1) is 6.54 Å². The van der Waals surface area contributed by atoms with E-state index in [0.29, 0.717) is 6.04 Å². The van der Waals surface area contributed by atoms with Crippen LogP contribution in [0.2, 0.25) is 0 Å². The molecule has 88 valence electrons. The molecule has 2 heterocycles. The Hall–Kier alpha value is -0.220. The first-order valence-electron chi connectivity index (χ1n) is 5.93. The maximum atomic E-state index is 12.4. The van der Waals surface area contributed by atoms with Crippen LogP contribution in [0.5, 0.6) is 0 Å². The lowest BCUT2D eigenvalue weighted by atomic mass is 9.97. The van der Waals surface area contributed by atoms with E-state index in [1.165, 1.54) is 19.3 Å². The zero-order valence-electron chi connectivity index (χ0n) is 9.33. The lowest BCUT2D eigenvalue weighted by molar-refractivity contribution is -0.0144. The standard InChI is InChI=1S/C11H20F2N2/c1-9-6-14-5-3-2-4-10(14)7-15(9)8-11(12)13/h9-11H,2-8H2,1H3. The second-order valence-electron chi connectivity index (χ2n) is 4.84. The fourth-order valence-corrected chi connectivity index (χ4v) is 2.84. The number of rotatable bonds is 2. The van der Waals surface area contributed by atoms with E-state index < -0.39 is 6.43 Å². The average molecular weight is 218 g/mol. The Labute approximate surface area is 90.2 Å². The molecule has 0 amide bonds. The van der Waals surface area contributed by atoms with Crippen LogP contribution in [0.25, 0.3) is 0 Å². The summed E-state index contributed by atoms with van der Waals surface area (Å²) >= 11 is 0. The molecule has 4 heteroatoms. The highest BCUT2D eigenvalue weighted by molar-refractivity contribution is 4.89. The summed E-state index contributed by atoms with van der Waals surface area (Å²) in [7, 11) is 0. The van der Waals surface area contributed by atoms with Crippen LogP contribution < -0.4 is 0 Å². The third-order valence-corrected chi connectivity index (χ3v) is 3.69. The van der Waals surface area contributed by atoms with Crippen molar-refractivity contribution < 1.29 is 8.78 Å². The molecule has 0 aromatic carbocycles. The van der Waals surface area contributed by atoms with Crippen LogP contribution in [-0.4, -0.2) is 54.5 Å². The van der Waals surface area contributed by atoms with Crippen LogP contribution in [0.3, 0.4) is 0 Å². The number of piperidine rings is 1. The summed E-state index contributed by atoms with van der Waals surface area (Å²) in [6.07, 6.45) is 1.53. The quantitative estimate of drug-likeness (QED) is 0.697. The second kappa shape index (κ2) is 4.74. The molecule has 2 atom stereocenters. The van der Waals surface area contributed by atoms with Gasteiger partial charge in [0.25, 0.3) is 6.43 Å². The Balaban J connectivity index is 1.92. The first-order valence-corrected chi connectivity index (χ1v) is 5.93. The van der Waals surface area contributed by atoms with Crippen molar-refractivity contribution in [2.45, 2.75) is 44.7 Å². The number of alkyl halides is 2. The molecular formula is C11H20F2N2. The summed E-state index contributed by atoms with van der Waals surface area (Å²) in [4.78, 5) is 4.44. The molecule has 0 bridgehead atoms. The number of fused-ring (bicyclic) bond motifs is 1. The molecule has 0 aromatic rings. The molecule has 2 unspecified atom stereocenters. The second-order valence-corrected chi connectivity index (χ2v) is 4.84. The van der Waals surface area contributed by atoms with Crippen LogP contribution in [0.1, 0.15) is 26.2 Å². The van der Waals surface area contributed by atoms with Gasteiger partial charge in [0.1, 0.15) is 0 Å². The highest BCUT2D eigenvalue weighted by Crippen LogP contribution is 2.24. The normalized spacial score (nSPS) is 34.4. The van der Waals surface area contributed by atoms with Gasteiger partial charge in [-0.05, 0) is 26.3 Å². The maximum Gasteiger partial charge on any atom is 0.251 e. The van der Waals surface area contributed by atoms with Gasteiger partial charge >= 0.3 is 0 Å². The molecule has 2 aliphatic rings. The molecule has 0 saturated carbocycles. The summed E-state index contributed by atoms with van der Waals surface area (Å²) in [6.45, 7) is 4.99. The van der Waals surface area contributed by atoms with Crippen molar-refractivity contribution in [2.75, 3.05) is 26.2 Å². The minimum atomic E-state index is -2.19. The molecule has 2 rings (SSSR count). The number of piperazine rings is 1. The third-order valence-electron chi connectivity index (χ3n) is 3.69. The van der Waals surface area contributed by atoms with Crippen molar-refractivity contribution >= 4 is 0 Å². The lowest BCUT2D eigenvalue weighted by Crippen LogP contribution is -2.59. The van der Waals surface area contributed by atoms with Crippen LogP contribution in [0.15, 0.2) is 0 Å². The fraction of sp³-hybridized carbons (Fsp3) is 1.00. The van der Waals surface area contributed by atoms with Crippen LogP contribution in [0.4, 0.5) is 8.78 Å². The Morgan fingerprint density at radius 2 is 2.07 bits per heavy atom. The van der Waals surface area contributed by atoms with Gasteiger partial charge in [0.2, 0.25) is 0 Å². The molecule has 2 saturated heterocycles. The van der Waals surface area contributed by atoms with E-state index in [9.17, 15) is 8.78 Å². The molecule has 0 aromatic heterocycles. The zero-order valence-corrected chi connectivity index (χ0v) is 9.33. The number of nitrogens with zero attached hydrogens (tertiary/aromatic N) is 2. The van der Waals surface area contributed by atoms with E-state index in [2.05, 4.69) is 11.8 Å². The van der Waals surface area contributed by atoms with Gasteiger partial charge < -0.3 is 0 Å². The predicted octanol–water partition coefficient (Wildman–Crippen LogP) is 1.81. The highest BCUT2D eigenvalue weighted by Gasteiger charge is 2.33. The molecule has 2 aliphatic heterocycles. The Bertz CT molecular complexity index is 211. The van der Waals surface area contributed by atoms with Gasteiger partial charge in [0.15, 0.2) is 0 Å². The van der Waals surface area contributed by atoms with Crippen molar-refractivity contribution in [3.05, 3.63) is 0 Å². The van der Waals surface area contributed by atoms with Crippen molar-refractivity contribution in [3.8, 4) is 0 Å². The molecule has 2 fully saturated rings. The van der Waals surface area contributed by atoms with E-state index in [0.717, 1.165) is 19.6 Å². The minimum absolute atomic E-state index is 0.0501. The van der Waals surface area contributed by atoms with Gasteiger partial charge in [-0.15, -0.1) is 0 Å². The zero-order chi connectivity index (χ0) is 10.8. The minimum Gasteiger partial charge on any atom is -0.298 e. The van der Waals surface area contributed by atoms with E-state index >= 15 is 0 Å².